The van der Waals surface area contributed by atoms with Gasteiger partial charge in [0.2, 0.25) is 11.8 Å². The molecule has 0 spiro atoms. The Balaban J connectivity index is 2.03. The van der Waals surface area contributed by atoms with Crippen LogP contribution in [0.2, 0.25) is 5.02 Å². The molecule has 0 bridgehead atoms. The lowest BCUT2D eigenvalue weighted by Crippen LogP contribution is -2.52. The summed E-state index contributed by atoms with van der Waals surface area (Å²) in [4.78, 5) is 28.9. The molecule has 0 heterocycles. The van der Waals surface area contributed by atoms with Crippen LogP contribution in [0.4, 0.5) is 5.69 Å². The highest BCUT2D eigenvalue weighted by atomic mass is 79.9. The van der Waals surface area contributed by atoms with Crippen LogP contribution in [-0.4, -0.2) is 50.9 Å². The normalized spacial score (nSPS) is 11.9. The monoisotopic (exact) mass is 677 g/mol. The molecular weight excluding hydrogens is 642 g/mol. The van der Waals surface area contributed by atoms with Crippen molar-refractivity contribution in [1.29, 1.82) is 0 Å². The summed E-state index contributed by atoms with van der Waals surface area (Å²) < 4.78 is 35.3. The number of nitrogens with zero attached hydrogens (tertiary/aromatic N) is 2. The van der Waals surface area contributed by atoms with Crippen molar-refractivity contribution in [2.24, 2.45) is 0 Å². The van der Waals surface area contributed by atoms with Crippen LogP contribution in [0.1, 0.15) is 45.6 Å². The first-order valence-electron chi connectivity index (χ1n) is 13.9. The van der Waals surface area contributed by atoms with E-state index in [4.69, 9.17) is 16.3 Å². The van der Waals surface area contributed by atoms with Crippen LogP contribution in [-0.2, 0) is 26.2 Å². The van der Waals surface area contributed by atoms with Crippen LogP contribution in [0.3, 0.4) is 0 Å². The molecular formula is C31H37BrClN3O5S. The lowest BCUT2D eigenvalue weighted by Gasteiger charge is -2.33. The average Bonchev–Trinajstić information content (AvgIpc) is 2.97. The number of carbonyl (C=O) groups excluding carboxylic acids is 2. The second-order valence-corrected chi connectivity index (χ2v) is 12.8. The molecule has 1 N–H and O–H groups in total. The van der Waals surface area contributed by atoms with E-state index in [9.17, 15) is 18.0 Å². The molecule has 0 saturated heterocycles. The molecule has 0 aliphatic rings. The van der Waals surface area contributed by atoms with Crippen LogP contribution in [0.25, 0.3) is 0 Å². The van der Waals surface area contributed by atoms with Crippen LogP contribution >= 0.6 is 27.5 Å². The summed E-state index contributed by atoms with van der Waals surface area (Å²) in [7, 11) is -4.17. The molecule has 1 atom stereocenters. The number of hydrogen-bond donors (Lipinski definition) is 1. The summed E-state index contributed by atoms with van der Waals surface area (Å²) in [6.07, 6.45) is 2.07. The average molecular weight is 679 g/mol. The van der Waals surface area contributed by atoms with Gasteiger partial charge < -0.3 is 15.0 Å². The van der Waals surface area contributed by atoms with Crippen molar-refractivity contribution in [2.75, 3.05) is 24.0 Å². The van der Waals surface area contributed by atoms with E-state index >= 15 is 0 Å². The molecule has 2 amide bonds. The number of carbonyl (C=O) groups is 2. The third-order valence-corrected chi connectivity index (χ3v) is 9.17. The molecule has 0 radical (unpaired) electrons. The molecule has 0 fully saturated rings. The largest absolute Gasteiger partial charge is 0.494 e. The molecule has 0 saturated carbocycles. The van der Waals surface area contributed by atoms with Crippen molar-refractivity contribution in [1.82, 2.24) is 10.2 Å². The van der Waals surface area contributed by atoms with Gasteiger partial charge >= 0.3 is 0 Å². The summed E-state index contributed by atoms with van der Waals surface area (Å²) in [5.41, 5.74) is 1.05. The van der Waals surface area contributed by atoms with Gasteiger partial charge in [-0.25, -0.2) is 8.42 Å². The molecule has 0 aliphatic heterocycles. The quantitative estimate of drug-likeness (QED) is 0.187. The van der Waals surface area contributed by atoms with E-state index in [1.54, 1.807) is 60.7 Å². The zero-order valence-electron chi connectivity index (χ0n) is 24.1. The number of anilines is 1. The first-order valence-corrected chi connectivity index (χ1v) is 16.5. The first-order chi connectivity index (χ1) is 20.1. The molecule has 8 nitrogen and oxygen atoms in total. The minimum atomic E-state index is -4.17. The van der Waals surface area contributed by atoms with E-state index in [0.29, 0.717) is 36.0 Å². The number of rotatable bonds is 15. The minimum Gasteiger partial charge on any atom is -0.494 e. The van der Waals surface area contributed by atoms with E-state index in [1.807, 2.05) is 20.8 Å². The highest BCUT2D eigenvalue weighted by molar-refractivity contribution is 9.10. The fourth-order valence-corrected chi connectivity index (χ4v) is 6.15. The molecule has 3 aromatic rings. The number of unbranched alkanes of at least 4 members (excludes halogenated alkanes) is 1. The molecule has 1 unspecified atom stereocenters. The molecule has 42 heavy (non-hydrogen) atoms. The number of ether oxygens (including phenoxy) is 1. The Morgan fingerprint density at radius 1 is 0.952 bits per heavy atom. The highest BCUT2D eigenvalue weighted by Gasteiger charge is 2.33. The summed E-state index contributed by atoms with van der Waals surface area (Å²) in [6.45, 7) is 6.25. The van der Waals surface area contributed by atoms with E-state index < -0.39 is 28.5 Å². The van der Waals surface area contributed by atoms with Crippen molar-refractivity contribution in [3.05, 3.63) is 87.9 Å². The molecule has 3 aromatic carbocycles. The third kappa shape index (κ3) is 8.96. The highest BCUT2D eigenvalue weighted by Crippen LogP contribution is 2.28. The van der Waals surface area contributed by atoms with E-state index in [-0.39, 0.29) is 17.3 Å². The van der Waals surface area contributed by atoms with Crippen LogP contribution in [0.5, 0.6) is 5.75 Å². The van der Waals surface area contributed by atoms with Crippen LogP contribution < -0.4 is 14.4 Å². The second kappa shape index (κ2) is 16.0. The lowest BCUT2D eigenvalue weighted by atomic mass is 10.1. The van der Waals surface area contributed by atoms with Gasteiger partial charge in [-0.3, -0.25) is 13.9 Å². The predicted octanol–water partition coefficient (Wildman–Crippen LogP) is 6.42. The number of sulfonamides is 1. The molecule has 226 valence electrons. The van der Waals surface area contributed by atoms with E-state index in [2.05, 4.69) is 21.2 Å². The number of benzene rings is 3. The third-order valence-electron chi connectivity index (χ3n) is 6.60. The topological polar surface area (TPSA) is 96.0 Å². The Hall–Kier alpha value is -3.08. The Bertz CT molecular complexity index is 1420. The second-order valence-electron chi connectivity index (χ2n) is 9.61. The summed E-state index contributed by atoms with van der Waals surface area (Å²) in [5.74, 6) is -0.221. The summed E-state index contributed by atoms with van der Waals surface area (Å²) >= 11 is 9.42. The van der Waals surface area contributed by atoms with Crippen LogP contribution in [0, 0.1) is 0 Å². The number of amides is 2. The van der Waals surface area contributed by atoms with Crippen molar-refractivity contribution in [2.45, 2.75) is 57.5 Å². The number of nitrogens with one attached hydrogen (secondary N) is 1. The standard InChI is InChI=1S/C31H37BrClN3O5S/c1-4-7-20-34-31(38)29(5-2)35(21-23-8-12-25(33)13-9-23)30(37)22-36(26-14-16-27(17-15-26)41-6-3)42(39,40)28-18-10-24(32)11-19-28/h8-19,29H,4-7,20-22H2,1-3H3,(H,34,38). The Morgan fingerprint density at radius 2 is 1.60 bits per heavy atom. The van der Waals surface area contributed by atoms with Gasteiger partial charge in [0.1, 0.15) is 18.3 Å². The summed E-state index contributed by atoms with van der Waals surface area (Å²) in [6, 6.07) is 18.9. The van der Waals surface area contributed by atoms with Crippen molar-refractivity contribution < 1.29 is 22.7 Å². The van der Waals surface area contributed by atoms with Gasteiger partial charge in [0.25, 0.3) is 10.0 Å². The Labute approximate surface area is 262 Å². The zero-order chi connectivity index (χ0) is 30.7. The fraction of sp³-hybridized carbons (Fsp3) is 0.355. The van der Waals surface area contributed by atoms with Gasteiger partial charge in [0, 0.05) is 22.6 Å². The predicted molar refractivity (Wildman–Crippen MR) is 170 cm³/mol. The Morgan fingerprint density at radius 3 is 2.17 bits per heavy atom. The van der Waals surface area contributed by atoms with Crippen molar-refractivity contribution >= 4 is 55.1 Å². The lowest BCUT2D eigenvalue weighted by molar-refractivity contribution is -0.140. The van der Waals surface area contributed by atoms with Crippen molar-refractivity contribution in [3.8, 4) is 5.75 Å². The maximum absolute atomic E-state index is 14.1. The minimum absolute atomic E-state index is 0.0287. The SMILES string of the molecule is CCCCNC(=O)C(CC)N(Cc1ccc(Cl)cc1)C(=O)CN(c1ccc(OCC)cc1)S(=O)(=O)c1ccc(Br)cc1. The van der Waals surface area contributed by atoms with Gasteiger partial charge in [-0.15, -0.1) is 0 Å². The van der Waals surface area contributed by atoms with E-state index in [0.717, 1.165) is 27.2 Å². The maximum Gasteiger partial charge on any atom is 0.264 e. The number of halogens is 2. The molecule has 0 aromatic heterocycles. The first kappa shape index (κ1) is 33.4. The molecule has 11 heteroatoms. The van der Waals surface area contributed by atoms with Gasteiger partial charge in [0.15, 0.2) is 0 Å². The molecule has 0 aliphatic carbocycles. The molecule has 3 rings (SSSR count). The maximum atomic E-state index is 14.1. The van der Waals surface area contributed by atoms with Gasteiger partial charge in [-0.1, -0.05) is 59.9 Å². The van der Waals surface area contributed by atoms with Gasteiger partial charge in [-0.05, 0) is 86.0 Å². The van der Waals surface area contributed by atoms with Gasteiger partial charge in [-0.2, -0.15) is 0 Å². The van der Waals surface area contributed by atoms with Crippen LogP contribution in [0.15, 0.2) is 82.2 Å². The van der Waals surface area contributed by atoms with Gasteiger partial charge in [0.05, 0.1) is 17.2 Å². The smallest absolute Gasteiger partial charge is 0.264 e. The fourth-order valence-electron chi connectivity index (χ4n) is 4.35. The van der Waals surface area contributed by atoms with E-state index in [1.165, 1.54) is 17.0 Å². The van der Waals surface area contributed by atoms with Crippen molar-refractivity contribution in [3.63, 3.8) is 0 Å². The zero-order valence-corrected chi connectivity index (χ0v) is 27.2. The Kier molecular flexibility index (Phi) is 12.7. The summed E-state index contributed by atoms with van der Waals surface area (Å²) in [5, 5.41) is 3.47. The number of hydrogen-bond acceptors (Lipinski definition) is 5.